The minimum atomic E-state index is 0.768. The molecule has 0 saturated heterocycles. The standard InChI is InChI=1S/C10H12N4/c1-9-3-2-6-14(13-9)7-10-4-5-11-8-12-10/h2-6,8,14H,7H2,1H3. The predicted molar refractivity (Wildman–Crippen MR) is 53.0 cm³/mol. The van der Waals surface area contributed by atoms with Crippen LogP contribution in [0.25, 0.3) is 5.43 Å². The van der Waals surface area contributed by atoms with Crippen LogP contribution in [-0.2, 0) is 6.54 Å². The van der Waals surface area contributed by atoms with E-state index >= 15 is 0 Å². The molecule has 0 aliphatic carbocycles. The van der Waals surface area contributed by atoms with Crippen LogP contribution in [0.4, 0.5) is 0 Å². The Hall–Kier alpha value is -1.68. The molecule has 0 aromatic carbocycles. The number of rotatable bonds is 2. The molecule has 1 atom stereocenters. The van der Waals surface area contributed by atoms with Crippen LogP contribution in [0.3, 0.4) is 0 Å². The molecule has 0 saturated carbocycles. The molecule has 0 amide bonds. The first-order valence-electron chi connectivity index (χ1n) is 4.52. The molecular weight excluding hydrogens is 176 g/mol. The van der Waals surface area contributed by atoms with Gasteiger partial charge in [0.15, 0.2) is 0 Å². The quantitative estimate of drug-likeness (QED) is 0.738. The van der Waals surface area contributed by atoms with Crippen molar-refractivity contribution in [2.75, 3.05) is 0 Å². The highest BCUT2D eigenvalue weighted by atomic mass is 15.5. The zero-order chi connectivity index (χ0) is 9.80. The fourth-order valence-corrected chi connectivity index (χ4v) is 1.31. The van der Waals surface area contributed by atoms with E-state index in [1.165, 1.54) is 0 Å². The minimum Gasteiger partial charge on any atom is -0.487 e. The van der Waals surface area contributed by atoms with Gasteiger partial charge in [0, 0.05) is 6.20 Å². The van der Waals surface area contributed by atoms with Crippen LogP contribution in [0.5, 0.6) is 0 Å². The Labute approximate surface area is 83.0 Å². The molecule has 1 N–H and O–H groups in total. The van der Waals surface area contributed by atoms with Gasteiger partial charge in [0.1, 0.15) is 12.9 Å². The lowest BCUT2D eigenvalue weighted by Crippen LogP contribution is -3.02. The lowest BCUT2D eigenvalue weighted by Gasteiger charge is -2.31. The highest BCUT2D eigenvalue weighted by Gasteiger charge is 2.01. The molecule has 0 radical (unpaired) electrons. The van der Waals surface area contributed by atoms with Crippen LogP contribution in [0.2, 0.25) is 0 Å². The van der Waals surface area contributed by atoms with Crippen molar-refractivity contribution in [2.24, 2.45) is 0 Å². The van der Waals surface area contributed by atoms with Gasteiger partial charge in [0.25, 0.3) is 0 Å². The van der Waals surface area contributed by atoms with E-state index in [9.17, 15) is 0 Å². The first-order chi connectivity index (χ1) is 6.84. The van der Waals surface area contributed by atoms with E-state index in [0.29, 0.717) is 0 Å². The second-order valence-electron chi connectivity index (χ2n) is 3.15. The topological polar surface area (TPSA) is 44.3 Å². The summed E-state index contributed by atoms with van der Waals surface area (Å²) in [4.78, 5) is 8.03. The fourth-order valence-electron chi connectivity index (χ4n) is 1.31. The molecule has 0 spiro atoms. The molecule has 72 valence electrons. The van der Waals surface area contributed by atoms with Gasteiger partial charge < -0.3 is 10.4 Å². The Morgan fingerprint density at radius 3 is 3.14 bits per heavy atom. The molecule has 0 fully saturated rings. The van der Waals surface area contributed by atoms with E-state index in [0.717, 1.165) is 22.9 Å². The van der Waals surface area contributed by atoms with Crippen LogP contribution < -0.4 is 5.01 Å². The second kappa shape index (κ2) is 4.02. The van der Waals surface area contributed by atoms with Crippen molar-refractivity contribution in [2.45, 2.75) is 13.5 Å². The third-order valence-electron chi connectivity index (χ3n) is 1.95. The van der Waals surface area contributed by atoms with Gasteiger partial charge in [-0.05, 0) is 12.1 Å². The van der Waals surface area contributed by atoms with E-state index < -0.39 is 0 Å². The summed E-state index contributed by atoms with van der Waals surface area (Å²) < 4.78 is 0. The summed E-state index contributed by atoms with van der Waals surface area (Å²) >= 11 is 0. The summed E-state index contributed by atoms with van der Waals surface area (Å²) in [5.74, 6) is 0. The minimum absolute atomic E-state index is 0.768. The Morgan fingerprint density at radius 1 is 1.50 bits per heavy atom. The molecule has 1 aromatic heterocycles. The first-order valence-corrected chi connectivity index (χ1v) is 4.52. The number of nitrogens with one attached hydrogen (secondary N) is 1. The number of aromatic nitrogens is 2. The summed E-state index contributed by atoms with van der Waals surface area (Å²) in [6.45, 7) is 2.76. The van der Waals surface area contributed by atoms with Crippen LogP contribution in [0, 0.1) is 0 Å². The number of allylic oxidation sites excluding steroid dienone is 3. The number of nitrogens with zero attached hydrogens (tertiary/aromatic N) is 3. The van der Waals surface area contributed by atoms with Crippen molar-refractivity contribution in [1.29, 1.82) is 0 Å². The van der Waals surface area contributed by atoms with Gasteiger partial charge in [0.05, 0.1) is 11.9 Å². The smallest absolute Gasteiger partial charge is 0.120 e. The maximum atomic E-state index is 4.41. The zero-order valence-electron chi connectivity index (χ0n) is 8.01. The Kier molecular flexibility index (Phi) is 2.55. The van der Waals surface area contributed by atoms with Crippen molar-refractivity contribution in [3.63, 3.8) is 0 Å². The van der Waals surface area contributed by atoms with Gasteiger partial charge in [-0.15, -0.1) is 5.70 Å². The van der Waals surface area contributed by atoms with Crippen molar-refractivity contribution in [1.82, 2.24) is 9.97 Å². The maximum Gasteiger partial charge on any atom is 0.120 e. The predicted octanol–water partition coefficient (Wildman–Crippen LogP) is 0.581. The largest absolute Gasteiger partial charge is 0.487 e. The number of quaternary nitrogens is 1. The van der Waals surface area contributed by atoms with E-state index in [1.807, 2.05) is 31.3 Å². The Morgan fingerprint density at radius 2 is 2.43 bits per heavy atom. The van der Waals surface area contributed by atoms with Crippen molar-refractivity contribution < 1.29 is 5.01 Å². The van der Waals surface area contributed by atoms with Crippen LogP contribution in [-0.4, -0.2) is 9.97 Å². The lowest BCUT2D eigenvalue weighted by atomic mass is 10.3. The zero-order valence-corrected chi connectivity index (χ0v) is 8.01. The molecule has 1 unspecified atom stereocenters. The molecule has 2 rings (SSSR count). The summed E-state index contributed by atoms with van der Waals surface area (Å²) in [7, 11) is 0. The van der Waals surface area contributed by atoms with Crippen molar-refractivity contribution in [3.05, 3.63) is 53.8 Å². The van der Waals surface area contributed by atoms with Gasteiger partial charge >= 0.3 is 0 Å². The number of hydrogen-bond donors (Lipinski definition) is 1. The Bertz CT molecular complexity index is 356. The van der Waals surface area contributed by atoms with E-state index in [4.69, 9.17) is 0 Å². The summed E-state index contributed by atoms with van der Waals surface area (Å²) in [5.41, 5.74) is 6.44. The third kappa shape index (κ3) is 2.17. The lowest BCUT2D eigenvalue weighted by molar-refractivity contribution is -0.820. The molecular formula is C10H12N4. The monoisotopic (exact) mass is 188 g/mol. The van der Waals surface area contributed by atoms with E-state index in [-0.39, 0.29) is 0 Å². The van der Waals surface area contributed by atoms with E-state index in [1.54, 1.807) is 12.5 Å². The van der Waals surface area contributed by atoms with Crippen molar-refractivity contribution in [3.8, 4) is 0 Å². The van der Waals surface area contributed by atoms with Gasteiger partial charge in [0.2, 0.25) is 0 Å². The molecule has 1 aromatic rings. The van der Waals surface area contributed by atoms with Crippen LogP contribution in [0.1, 0.15) is 12.6 Å². The SMILES string of the molecule is CC1=CC=C[NH+](Cc2ccncn2)[N-]1. The second-order valence-corrected chi connectivity index (χ2v) is 3.15. The maximum absolute atomic E-state index is 4.41. The summed E-state index contributed by atoms with van der Waals surface area (Å²) in [6, 6.07) is 1.91. The average molecular weight is 188 g/mol. The van der Waals surface area contributed by atoms with Gasteiger partial charge in [-0.2, -0.15) is 0 Å². The summed E-state index contributed by atoms with van der Waals surface area (Å²) in [5, 5.41) is 1.05. The Balaban J connectivity index is 2.00. The first kappa shape index (κ1) is 8.90. The molecule has 1 aliphatic heterocycles. The molecule has 0 bridgehead atoms. The van der Waals surface area contributed by atoms with Crippen LogP contribution in [0.15, 0.2) is 42.6 Å². The molecule has 1 aliphatic rings. The summed E-state index contributed by atoms with van der Waals surface area (Å²) in [6.07, 6.45) is 9.32. The van der Waals surface area contributed by atoms with Gasteiger partial charge in [-0.1, -0.05) is 13.0 Å². The third-order valence-corrected chi connectivity index (χ3v) is 1.95. The van der Waals surface area contributed by atoms with Gasteiger partial charge in [-0.3, -0.25) is 0 Å². The molecule has 2 heterocycles. The normalized spacial score (nSPS) is 20.1. The average Bonchev–Trinajstić information content (AvgIpc) is 2.19. The highest BCUT2D eigenvalue weighted by molar-refractivity contribution is 5.18. The van der Waals surface area contributed by atoms with Crippen LogP contribution >= 0.6 is 0 Å². The highest BCUT2D eigenvalue weighted by Crippen LogP contribution is 2.01. The van der Waals surface area contributed by atoms with Crippen molar-refractivity contribution >= 4 is 0 Å². The molecule has 4 nitrogen and oxygen atoms in total. The van der Waals surface area contributed by atoms with Gasteiger partial charge in [-0.25, -0.2) is 9.97 Å². The molecule has 14 heavy (non-hydrogen) atoms. The number of hydrogen-bond acceptors (Lipinski definition) is 2. The molecule has 4 heteroatoms. The fraction of sp³-hybridized carbons (Fsp3) is 0.200. The van der Waals surface area contributed by atoms with E-state index in [2.05, 4.69) is 15.4 Å².